The molecule has 1 fully saturated rings. The van der Waals surface area contributed by atoms with E-state index in [9.17, 15) is 9.59 Å². The number of carbonyl (C=O) groups excluding carboxylic acids is 2. The van der Waals surface area contributed by atoms with Gasteiger partial charge in [0.25, 0.3) is 0 Å². The van der Waals surface area contributed by atoms with Crippen molar-refractivity contribution in [3.05, 3.63) is 59.2 Å². The Hall–Kier alpha value is -2.82. The first-order valence-electron chi connectivity index (χ1n) is 9.54. The Morgan fingerprint density at radius 2 is 1.63 bits per heavy atom. The van der Waals surface area contributed by atoms with E-state index in [4.69, 9.17) is 0 Å². The van der Waals surface area contributed by atoms with Gasteiger partial charge in [-0.1, -0.05) is 35.9 Å². The van der Waals surface area contributed by atoms with Gasteiger partial charge in [0, 0.05) is 19.5 Å². The number of benzene rings is 2. The number of aryl methyl sites for hydroxylation is 3. The van der Waals surface area contributed by atoms with Crippen LogP contribution in [-0.4, -0.2) is 29.9 Å². The first-order valence-corrected chi connectivity index (χ1v) is 9.54. The van der Waals surface area contributed by atoms with Crippen molar-refractivity contribution in [2.24, 2.45) is 0 Å². The van der Waals surface area contributed by atoms with Gasteiger partial charge in [-0.05, 0) is 56.4 Å². The summed E-state index contributed by atoms with van der Waals surface area (Å²) in [5.74, 6) is -0.0575. The normalized spacial score (nSPS) is 13.5. The van der Waals surface area contributed by atoms with E-state index >= 15 is 0 Å². The SMILES string of the molecule is Cc1ccc(CCC(=O)Nc2ccccc2NC(=O)N2CCCC2)c(C)c1. The number of nitrogens with zero attached hydrogens (tertiary/aromatic N) is 1. The van der Waals surface area contributed by atoms with E-state index < -0.39 is 0 Å². The zero-order valence-corrected chi connectivity index (χ0v) is 16.0. The molecule has 142 valence electrons. The van der Waals surface area contributed by atoms with E-state index in [1.807, 2.05) is 24.3 Å². The van der Waals surface area contributed by atoms with Crippen LogP contribution in [0.25, 0.3) is 0 Å². The van der Waals surface area contributed by atoms with Gasteiger partial charge in [0.05, 0.1) is 11.4 Å². The van der Waals surface area contributed by atoms with E-state index in [-0.39, 0.29) is 11.9 Å². The number of hydrogen-bond acceptors (Lipinski definition) is 2. The van der Waals surface area contributed by atoms with Gasteiger partial charge in [-0.15, -0.1) is 0 Å². The number of carbonyl (C=O) groups is 2. The zero-order valence-electron chi connectivity index (χ0n) is 16.0. The van der Waals surface area contributed by atoms with Gasteiger partial charge in [0.2, 0.25) is 5.91 Å². The van der Waals surface area contributed by atoms with E-state index in [0.717, 1.165) is 25.9 Å². The minimum absolute atomic E-state index is 0.0575. The first-order chi connectivity index (χ1) is 13.0. The molecule has 27 heavy (non-hydrogen) atoms. The second-order valence-corrected chi connectivity index (χ2v) is 7.15. The van der Waals surface area contributed by atoms with Crippen LogP contribution in [-0.2, 0) is 11.2 Å². The molecule has 3 rings (SSSR count). The van der Waals surface area contributed by atoms with E-state index in [1.165, 1.54) is 16.7 Å². The summed E-state index contributed by atoms with van der Waals surface area (Å²) in [6, 6.07) is 13.5. The summed E-state index contributed by atoms with van der Waals surface area (Å²) in [4.78, 5) is 26.6. The van der Waals surface area contributed by atoms with Crippen LogP contribution in [0.2, 0.25) is 0 Å². The van der Waals surface area contributed by atoms with Gasteiger partial charge in [-0.2, -0.15) is 0 Å². The van der Waals surface area contributed by atoms with Crippen molar-refractivity contribution >= 4 is 23.3 Å². The van der Waals surface area contributed by atoms with Crippen molar-refractivity contribution in [1.29, 1.82) is 0 Å². The molecule has 0 aliphatic carbocycles. The molecule has 2 aromatic rings. The van der Waals surface area contributed by atoms with Gasteiger partial charge in [-0.25, -0.2) is 4.79 Å². The number of anilines is 2. The predicted molar refractivity (Wildman–Crippen MR) is 109 cm³/mol. The quantitative estimate of drug-likeness (QED) is 0.819. The lowest BCUT2D eigenvalue weighted by Crippen LogP contribution is -2.32. The number of hydrogen-bond donors (Lipinski definition) is 2. The molecule has 0 aromatic heterocycles. The lowest BCUT2D eigenvalue weighted by molar-refractivity contribution is -0.116. The Balaban J connectivity index is 1.59. The van der Waals surface area contributed by atoms with Crippen molar-refractivity contribution in [3.63, 3.8) is 0 Å². The number of urea groups is 1. The fourth-order valence-electron chi connectivity index (χ4n) is 3.40. The largest absolute Gasteiger partial charge is 0.325 e. The Morgan fingerprint density at radius 3 is 2.30 bits per heavy atom. The topological polar surface area (TPSA) is 61.4 Å². The van der Waals surface area contributed by atoms with Gasteiger partial charge in [-0.3, -0.25) is 4.79 Å². The van der Waals surface area contributed by atoms with Crippen LogP contribution < -0.4 is 10.6 Å². The molecule has 1 aliphatic heterocycles. The second kappa shape index (κ2) is 8.71. The van der Waals surface area contributed by atoms with Gasteiger partial charge in [0.15, 0.2) is 0 Å². The number of amides is 3. The molecule has 0 spiro atoms. The van der Waals surface area contributed by atoms with Gasteiger partial charge in [0.1, 0.15) is 0 Å². The lowest BCUT2D eigenvalue weighted by atomic mass is 10.0. The molecule has 0 atom stereocenters. The minimum Gasteiger partial charge on any atom is -0.325 e. The molecule has 5 nitrogen and oxygen atoms in total. The van der Waals surface area contributed by atoms with E-state index in [0.29, 0.717) is 24.2 Å². The second-order valence-electron chi connectivity index (χ2n) is 7.15. The molecule has 3 amide bonds. The first kappa shape index (κ1) is 19.0. The highest BCUT2D eigenvalue weighted by Gasteiger charge is 2.19. The molecule has 5 heteroatoms. The Morgan fingerprint density at radius 1 is 0.963 bits per heavy atom. The molecule has 0 saturated carbocycles. The van der Waals surface area contributed by atoms with Crippen LogP contribution in [0.1, 0.15) is 36.0 Å². The van der Waals surface area contributed by atoms with Crippen LogP contribution in [0.3, 0.4) is 0 Å². The van der Waals surface area contributed by atoms with Crippen LogP contribution in [0, 0.1) is 13.8 Å². The average molecular weight is 365 g/mol. The number of likely N-dealkylation sites (tertiary alicyclic amines) is 1. The van der Waals surface area contributed by atoms with Gasteiger partial charge >= 0.3 is 6.03 Å². The molecule has 1 saturated heterocycles. The predicted octanol–water partition coefficient (Wildman–Crippen LogP) is 4.50. The number of rotatable bonds is 5. The van der Waals surface area contributed by atoms with E-state index in [1.54, 1.807) is 4.90 Å². The summed E-state index contributed by atoms with van der Waals surface area (Å²) in [5, 5.41) is 5.85. The van der Waals surface area contributed by atoms with Crippen molar-refractivity contribution in [1.82, 2.24) is 4.90 Å². The molecule has 1 aliphatic rings. The maximum Gasteiger partial charge on any atom is 0.321 e. The molecule has 0 unspecified atom stereocenters. The maximum atomic E-state index is 12.4. The minimum atomic E-state index is -0.107. The lowest BCUT2D eigenvalue weighted by Gasteiger charge is -2.18. The Bertz CT molecular complexity index is 826. The van der Waals surface area contributed by atoms with Crippen LogP contribution in [0.5, 0.6) is 0 Å². The summed E-state index contributed by atoms with van der Waals surface area (Å²) >= 11 is 0. The third kappa shape index (κ3) is 5.09. The fourth-order valence-corrected chi connectivity index (χ4v) is 3.40. The number of nitrogens with one attached hydrogen (secondary N) is 2. The molecule has 0 radical (unpaired) electrons. The third-order valence-electron chi connectivity index (χ3n) is 4.96. The number of para-hydroxylation sites is 2. The molecular formula is C22H27N3O2. The fraction of sp³-hybridized carbons (Fsp3) is 0.364. The van der Waals surface area contributed by atoms with Gasteiger partial charge < -0.3 is 15.5 Å². The monoisotopic (exact) mass is 365 g/mol. The summed E-state index contributed by atoms with van der Waals surface area (Å²) in [7, 11) is 0. The van der Waals surface area contributed by atoms with Crippen molar-refractivity contribution in [3.8, 4) is 0 Å². The highest BCUT2D eigenvalue weighted by Crippen LogP contribution is 2.23. The molecule has 2 aromatic carbocycles. The molecule has 2 N–H and O–H groups in total. The summed E-state index contributed by atoms with van der Waals surface area (Å²) in [5.41, 5.74) is 4.89. The highest BCUT2D eigenvalue weighted by molar-refractivity contribution is 5.99. The maximum absolute atomic E-state index is 12.4. The smallest absolute Gasteiger partial charge is 0.321 e. The Kier molecular flexibility index (Phi) is 6.12. The van der Waals surface area contributed by atoms with Crippen molar-refractivity contribution in [2.75, 3.05) is 23.7 Å². The summed E-state index contributed by atoms with van der Waals surface area (Å²) in [6.07, 6.45) is 3.19. The molecule has 0 bridgehead atoms. The average Bonchev–Trinajstić information content (AvgIpc) is 3.17. The van der Waals surface area contributed by atoms with Crippen molar-refractivity contribution in [2.45, 2.75) is 39.5 Å². The van der Waals surface area contributed by atoms with Crippen LogP contribution in [0.15, 0.2) is 42.5 Å². The molecule has 1 heterocycles. The standard InChI is InChI=1S/C22H27N3O2/c1-16-9-10-18(17(2)15-16)11-12-21(26)23-19-7-3-4-8-20(19)24-22(27)25-13-5-6-14-25/h3-4,7-10,15H,5-6,11-14H2,1-2H3,(H,23,26)(H,24,27). The summed E-state index contributed by atoms with van der Waals surface area (Å²) in [6.45, 7) is 5.72. The van der Waals surface area contributed by atoms with E-state index in [2.05, 4.69) is 42.7 Å². The summed E-state index contributed by atoms with van der Waals surface area (Å²) < 4.78 is 0. The molecular weight excluding hydrogens is 338 g/mol. The third-order valence-corrected chi connectivity index (χ3v) is 4.96. The van der Waals surface area contributed by atoms with Crippen LogP contribution >= 0.6 is 0 Å². The zero-order chi connectivity index (χ0) is 19.2. The van der Waals surface area contributed by atoms with Crippen LogP contribution in [0.4, 0.5) is 16.2 Å². The highest BCUT2D eigenvalue weighted by atomic mass is 16.2. The Labute approximate surface area is 160 Å². The van der Waals surface area contributed by atoms with Crippen molar-refractivity contribution < 1.29 is 9.59 Å².